The number of nitrogens with zero attached hydrogens (tertiary/aromatic N) is 3. The van der Waals surface area contributed by atoms with Crippen LogP contribution in [0.3, 0.4) is 0 Å². The highest BCUT2D eigenvalue weighted by Crippen LogP contribution is 2.19. The standard InChI is InChI=1S/C18H15N3O4/c1-13-10-11-19-20(13)16-8-6-14(7-9-16)18(22)25-12-15-4-2-3-5-17(15)21(23)24/h2-11H,12H2,1H3. The fourth-order valence-electron chi connectivity index (χ4n) is 2.42. The molecule has 0 spiro atoms. The highest BCUT2D eigenvalue weighted by atomic mass is 16.6. The first kappa shape index (κ1) is 16.4. The van der Waals surface area contributed by atoms with Gasteiger partial charge in [0, 0.05) is 18.0 Å². The number of hydrogen-bond acceptors (Lipinski definition) is 5. The van der Waals surface area contributed by atoms with Crippen LogP contribution in [0.15, 0.2) is 60.8 Å². The first-order valence-corrected chi connectivity index (χ1v) is 7.57. The molecule has 3 rings (SSSR count). The number of carbonyl (C=O) groups is 1. The quantitative estimate of drug-likeness (QED) is 0.404. The van der Waals surface area contributed by atoms with Crippen molar-refractivity contribution >= 4 is 11.7 Å². The summed E-state index contributed by atoms with van der Waals surface area (Å²) in [4.78, 5) is 22.6. The number of ether oxygens (including phenoxy) is 1. The zero-order valence-electron chi connectivity index (χ0n) is 13.5. The predicted molar refractivity (Wildman–Crippen MR) is 90.5 cm³/mol. The maximum atomic E-state index is 12.1. The predicted octanol–water partition coefficient (Wildman–Crippen LogP) is 3.45. The SMILES string of the molecule is Cc1ccnn1-c1ccc(C(=O)OCc2ccccc2[N+](=O)[O-])cc1. The second-order valence-corrected chi connectivity index (χ2v) is 5.39. The minimum absolute atomic E-state index is 0.0696. The number of benzene rings is 2. The van der Waals surface area contributed by atoms with Crippen LogP contribution in [0, 0.1) is 17.0 Å². The van der Waals surface area contributed by atoms with Gasteiger partial charge in [0.25, 0.3) is 5.69 Å². The normalized spacial score (nSPS) is 10.4. The summed E-state index contributed by atoms with van der Waals surface area (Å²) < 4.78 is 6.95. The lowest BCUT2D eigenvalue weighted by molar-refractivity contribution is -0.385. The van der Waals surface area contributed by atoms with Crippen LogP contribution in [0.2, 0.25) is 0 Å². The first-order chi connectivity index (χ1) is 12.1. The van der Waals surface area contributed by atoms with Gasteiger partial charge in [0.05, 0.1) is 21.7 Å². The van der Waals surface area contributed by atoms with Crippen molar-refractivity contribution in [2.75, 3.05) is 0 Å². The first-order valence-electron chi connectivity index (χ1n) is 7.57. The minimum Gasteiger partial charge on any atom is -0.457 e. The maximum absolute atomic E-state index is 12.1. The largest absolute Gasteiger partial charge is 0.457 e. The summed E-state index contributed by atoms with van der Waals surface area (Å²) in [5.74, 6) is -0.540. The van der Waals surface area contributed by atoms with Crippen LogP contribution in [-0.4, -0.2) is 20.7 Å². The van der Waals surface area contributed by atoms with E-state index in [2.05, 4.69) is 5.10 Å². The monoisotopic (exact) mass is 337 g/mol. The smallest absolute Gasteiger partial charge is 0.338 e. The van der Waals surface area contributed by atoms with Gasteiger partial charge in [-0.1, -0.05) is 12.1 Å². The number of esters is 1. The number of hydrogen-bond donors (Lipinski definition) is 0. The van der Waals surface area contributed by atoms with Gasteiger partial charge in [-0.05, 0) is 43.3 Å². The molecule has 1 heterocycles. The minimum atomic E-state index is -0.540. The van der Waals surface area contributed by atoms with E-state index in [-0.39, 0.29) is 12.3 Å². The van der Waals surface area contributed by atoms with Crippen LogP contribution < -0.4 is 0 Å². The van der Waals surface area contributed by atoms with Crippen molar-refractivity contribution in [2.45, 2.75) is 13.5 Å². The fourth-order valence-corrected chi connectivity index (χ4v) is 2.42. The molecule has 0 fully saturated rings. The lowest BCUT2D eigenvalue weighted by Crippen LogP contribution is -2.07. The van der Waals surface area contributed by atoms with Gasteiger partial charge in [-0.2, -0.15) is 5.10 Å². The molecule has 1 aromatic heterocycles. The number of nitro groups is 1. The third-order valence-electron chi connectivity index (χ3n) is 3.73. The van der Waals surface area contributed by atoms with Gasteiger partial charge in [-0.15, -0.1) is 0 Å². The average Bonchev–Trinajstić information content (AvgIpc) is 3.06. The van der Waals surface area contributed by atoms with E-state index >= 15 is 0 Å². The Bertz CT molecular complexity index is 916. The number of nitro benzene ring substituents is 1. The van der Waals surface area contributed by atoms with Crippen LogP contribution in [0.1, 0.15) is 21.6 Å². The molecule has 0 amide bonds. The fraction of sp³-hybridized carbons (Fsp3) is 0.111. The van der Waals surface area contributed by atoms with Gasteiger partial charge in [0.15, 0.2) is 0 Å². The molecule has 0 saturated heterocycles. The van der Waals surface area contributed by atoms with Crippen LogP contribution in [0.5, 0.6) is 0 Å². The average molecular weight is 337 g/mol. The summed E-state index contributed by atoms with van der Waals surface area (Å²) >= 11 is 0. The second-order valence-electron chi connectivity index (χ2n) is 5.39. The van der Waals surface area contributed by atoms with E-state index in [9.17, 15) is 14.9 Å². The molecule has 0 saturated carbocycles. The summed E-state index contributed by atoms with van der Waals surface area (Å²) in [5, 5.41) is 15.2. The highest BCUT2D eigenvalue weighted by molar-refractivity contribution is 5.89. The molecule has 0 aliphatic carbocycles. The maximum Gasteiger partial charge on any atom is 0.338 e. The summed E-state index contributed by atoms with van der Waals surface area (Å²) in [6, 6.07) is 14.9. The Labute approximate surface area is 143 Å². The summed E-state index contributed by atoms with van der Waals surface area (Å²) in [7, 11) is 0. The van der Waals surface area contributed by atoms with E-state index in [1.54, 1.807) is 53.3 Å². The zero-order chi connectivity index (χ0) is 17.8. The third-order valence-corrected chi connectivity index (χ3v) is 3.73. The Hall–Kier alpha value is -3.48. The lowest BCUT2D eigenvalue weighted by Gasteiger charge is -2.07. The number of rotatable bonds is 5. The molecule has 0 N–H and O–H groups in total. The highest BCUT2D eigenvalue weighted by Gasteiger charge is 2.15. The molecule has 25 heavy (non-hydrogen) atoms. The van der Waals surface area contributed by atoms with Crippen molar-refractivity contribution in [3.8, 4) is 5.69 Å². The Balaban J connectivity index is 1.70. The van der Waals surface area contributed by atoms with Gasteiger partial charge in [-0.3, -0.25) is 10.1 Å². The summed E-state index contributed by atoms with van der Waals surface area (Å²) in [6.45, 7) is 1.78. The van der Waals surface area contributed by atoms with Gasteiger partial charge >= 0.3 is 5.97 Å². The molecule has 0 radical (unpaired) electrons. The molecule has 2 aromatic carbocycles. The van der Waals surface area contributed by atoms with Gasteiger partial charge < -0.3 is 4.74 Å². The van der Waals surface area contributed by atoms with Gasteiger partial charge in [0.2, 0.25) is 0 Å². The lowest BCUT2D eigenvalue weighted by atomic mass is 10.2. The van der Waals surface area contributed by atoms with Crippen molar-refractivity contribution in [1.29, 1.82) is 0 Å². The van der Waals surface area contributed by atoms with Crippen molar-refractivity contribution in [3.05, 3.63) is 87.7 Å². The van der Waals surface area contributed by atoms with Gasteiger partial charge in [-0.25, -0.2) is 9.48 Å². The molecule has 0 unspecified atom stereocenters. The topological polar surface area (TPSA) is 87.3 Å². The Kier molecular flexibility index (Phi) is 4.56. The van der Waals surface area contributed by atoms with E-state index in [4.69, 9.17) is 4.74 Å². The van der Waals surface area contributed by atoms with Crippen LogP contribution >= 0.6 is 0 Å². The molecular weight excluding hydrogens is 322 g/mol. The van der Waals surface area contributed by atoms with Crippen LogP contribution in [-0.2, 0) is 11.3 Å². The van der Waals surface area contributed by atoms with Crippen molar-refractivity contribution in [2.24, 2.45) is 0 Å². The molecule has 7 nitrogen and oxygen atoms in total. The third kappa shape index (κ3) is 3.55. The van der Waals surface area contributed by atoms with E-state index in [1.165, 1.54) is 6.07 Å². The molecule has 0 aliphatic heterocycles. The van der Waals surface area contributed by atoms with Crippen LogP contribution in [0.25, 0.3) is 5.69 Å². The number of aryl methyl sites for hydroxylation is 1. The van der Waals surface area contributed by atoms with Crippen molar-refractivity contribution in [1.82, 2.24) is 9.78 Å². The van der Waals surface area contributed by atoms with Gasteiger partial charge in [0.1, 0.15) is 6.61 Å². The molecule has 126 valence electrons. The second kappa shape index (κ2) is 6.96. The zero-order valence-corrected chi connectivity index (χ0v) is 13.5. The Morgan fingerprint density at radius 1 is 1.16 bits per heavy atom. The Morgan fingerprint density at radius 2 is 1.88 bits per heavy atom. The molecular formula is C18H15N3O4. The number of carbonyl (C=O) groups excluding carboxylic acids is 1. The number of aromatic nitrogens is 2. The molecule has 7 heteroatoms. The van der Waals surface area contributed by atoms with Crippen LogP contribution in [0.4, 0.5) is 5.69 Å². The summed E-state index contributed by atoms with van der Waals surface area (Å²) in [6.07, 6.45) is 1.70. The molecule has 0 bridgehead atoms. The Morgan fingerprint density at radius 3 is 2.52 bits per heavy atom. The molecule has 3 aromatic rings. The van der Waals surface area contributed by atoms with Crippen molar-refractivity contribution < 1.29 is 14.5 Å². The summed E-state index contributed by atoms with van der Waals surface area (Å²) in [5.41, 5.74) is 2.46. The molecule has 0 atom stereocenters. The molecule has 0 aliphatic rings. The number of para-hydroxylation sites is 1. The van der Waals surface area contributed by atoms with E-state index in [0.717, 1.165) is 11.4 Å². The van der Waals surface area contributed by atoms with Crippen molar-refractivity contribution in [3.63, 3.8) is 0 Å². The van der Waals surface area contributed by atoms with E-state index in [1.807, 2.05) is 13.0 Å². The van der Waals surface area contributed by atoms with E-state index in [0.29, 0.717) is 11.1 Å². The van der Waals surface area contributed by atoms with E-state index < -0.39 is 10.9 Å².